The molecule has 0 bridgehead atoms. The summed E-state index contributed by atoms with van der Waals surface area (Å²) in [5, 5.41) is 2.67. The van der Waals surface area contributed by atoms with Crippen LogP contribution in [0.25, 0.3) is 0 Å². The first-order valence-electron chi connectivity index (χ1n) is 8.68. The molecule has 9 heteroatoms. The molecule has 0 saturated heterocycles. The fraction of sp³-hybridized carbons (Fsp3) is 0.300. The molecule has 2 aromatic carbocycles. The molecule has 0 saturated carbocycles. The van der Waals surface area contributed by atoms with Crippen LogP contribution >= 0.6 is 0 Å². The van der Waals surface area contributed by atoms with E-state index in [1.54, 1.807) is 24.3 Å². The van der Waals surface area contributed by atoms with E-state index < -0.39 is 18.5 Å². The number of rotatable bonds is 8. The van der Waals surface area contributed by atoms with Crippen molar-refractivity contribution < 1.29 is 38.0 Å². The fourth-order valence-electron chi connectivity index (χ4n) is 2.71. The molecule has 0 aliphatic carbocycles. The maximum absolute atomic E-state index is 12.1. The van der Waals surface area contributed by atoms with Crippen LogP contribution in [-0.2, 0) is 16.1 Å². The Kier molecular flexibility index (Phi) is 6.28. The van der Waals surface area contributed by atoms with Crippen LogP contribution in [0.2, 0.25) is 0 Å². The van der Waals surface area contributed by atoms with Gasteiger partial charge >= 0.3 is 5.97 Å². The summed E-state index contributed by atoms with van der Waals surface area (Å²) >= 11 is 0. The van der Waals surface area contributed by atoms with Gasteiger partial charge in [-0.05, 0) is 24.3 Å². The normalized spacial score (nSPS) is 11.6. The summed E-state index contributed by atoms with van der Waals surface area (Å²) < 4.78 is 31.3. The van der Waals surface area contributed by atoms with Crippen molar-refractivity contribution >= 4 is 11.9 Å². The minimum atomic E-state index is -0.637. The number of esters is 1. The summed E-state index contributed by atoms with van der Waals surface area (Å²) in [6.45, 7) is -0.164. The minimum absolute atomic E-state index is 0.107. The molecule has 2 aromatic rings. The van der Waals surface area contributed by atoms with Crippen molar-refractivity contribution in [1.82, 2.24) is 5.32 Å². The van der Waals surface area contributed by atoms with Gasteiger partial charge in [-0.25, -0.2) is 4.79 Å². The zero-order valence-corrected chi connectivity index (χ0v) is 16.3. The van der Waals surface area contributed by atoms with E-state index in [-0.39, 0.29) is 18.9 Å². The van der Waals surface area contributed by atoms with E-state index in [2.05, 4.69) is 5.32 Å². The predicted molar refractivity (Wildman–Crippen MR) is 101 cm³/mol. The Bertz CT molecular complexity index is 912. The molecule has 1 heterocycles. The third kappa shape index (κ3) is 4.63. The molecule has 0 unspecified atom stereocenters. The quantitative estimate of drug-likeness (QED) is 0.667. The average Bonchev–Trinajstić information content (AvgIpc) is 3.23. The first-order chi connectivity index (χ1) is 14.0. The van der Waals surface area contributed by atoms with Gasteiger partial charge in [0, 0.05) is 18.2 Å². The van der Waals surface area contributed by atoms with E-state index in [4.69, 9.17) is 28.4 Å². The third-order valence-corrected chi connectivity index (χ3v) is 4.21. The molecule has 0 radical (unpaired) electrons. The highest BCUT2D eigenvalue weighted by molar-refractivity contribution is 5.92. The Morgan fingerprint density at radius 2 is 1.62 bits per heavy atom. The van der Waals surface area contributed by atoms with Crippen molar-refractivity contribution in [2.75, 3.05) is 34.7 Å². The number of hydrogen-bond donors (Lipinski definition) is 1. The molecular weight excluding hydrogens is 382 g/mol. The van der Waals surface area contributed by atoms with E-state index in [9.17, 15) is 9.59 Å². The number of nitrogens with one attached hydrogen (secondary N) is 1. The first-order valence-corrected chi connectivity index (χ1v) is 8.68. The molecule has 1 aliphatic heterocycles. The number of carbonyl (C=O) groups excluding carboxylic acids is 2. The lowest BCUT2D eigenvalue weighted by molar-refractivity contribution is -0.124. The molecule has 0 fully saturated rings. The number of methoxy groups -OCH3 is 3. The van der Waals surface area contributed by atoms with E-state index >= 15 is 0 Å². The van der Waals surface area contributed by atoms with Crippen molar-refractivity contribution in [3.05, 3.63) is 41.5 Å². The first kappa shape index (κ1) is 20.1. The molecule has 1 aliphatic rings. The lowest BCUT2D eigenvalue weighted by Gasteiger charge is -2.14. The molecule has 0 atom stereocenters. The maximum Gasteiger partial charge on any atom is 0.338 e. The van der Waals surface area contributed by atoms with Crippen LogP contribution in [0.3, 0.4) is 0 Å². The van der Waals surface area contributed by atoms with Gasteiger partial charge in [-0.3, -0.25) is 4.79 Å². The number of hydrogen-bond acceptors (Lipinski definition) is 8. The maximum atomic E-state index is 12.1. The van der Waals surface area contributed by atoms with Crippen LogP contribution in [-0.4, -0.2) is 46.6 Å². The molecule has 1 N–H and O–H groups in total. The number of fused-ring (bicyclic) bond motifs is 1. The van der Waals surface area contributed by atoms with Crippen molar-refractivity contribution in [2.45, 2.75) is 6.54 Å². The van der Waals surface area contributed by atoms with Crippen LogP contribution in [0, 0.1) is 0 Å². The number of carbonyl (C=O) groups is 2. The van der Waals surface area contributed by atoms with Crippen LogP contribution in [0.4, 0.5) is 0 Å². The standard InChI is InChI=1S/C20H21NO8/c1-24-15-8-17(26-3)16(25-2)7-13(15)9-21-19(22)10-27-20(23)12-4-5-14-18(6-12)29-11-28-14/h4-8H,9-11H2,1-3H3,(H,21,22). The lowest BCUT2D eigenvalue weighted by atomic mass is 10.1. The van der Waals surface area contributed by atoms with Gasteiger partial charge in [0.1, 0.15) is 5.75 Å². The van der Waals surface area contributed by atoms with Gasteiger partial charge in [-0.2, -0.15) is 0 Å². The summed E-state index contributed by atoms with van der Waals surface area (Å²) in [5.74, 6) is 1.47. The van der Waals surface area contributed by atoms with E-state index in [0.29, 0.717) is 34.3 Å². The van der Waals surface area contributed by atoms with Crippen molar-refractivity contribution in [3.63, 3.8) is 0 Å². The molecule has 1 amide bonds. The fourth-order valence-corrected chi connectivity index (χ4v) is 2.71. The summed E-state index contributed by atoms with van der Waals surface area (Å²) in [5.41, 5.74) is 0.948. The monoisotopic (exact) mass is 403 g/mol. The summed E-state index contributed by atoms with van der Waals surface area (Å²) in [7, 11) is 4.55. The van der Waals surface area contributed by atoms with Crippen molar-refractivity contribution in [2.24, 2.45) is 0 Å². The zero-order chi connectivity index (χ0) is 20.8. The Labute approximate surface area is 167 Å². The second-order valence-electron chi connectivity index (χ2n) is 5.94. The number of ether oxygens (including phenoxy) is 6. The Balaban J connectivity index is 1.55. The van der Waals surface area contributed by atoms with E-state index in [0.717, 1.165) is 0 Å². The topological polar surface area (TPSA) is 102 Å². The second-order valence-corrected chi connectivity index (χ2v) is 5.94. The van der Waals surface area contributed by atoms with Crippen molar-refractivity contribution in [1.29, 1.82) is 0 Å². The number of benzene rings is 2. The van der Waals surface area contributed by atoms with E-state index in [1.165, 1.54) is 27.4 Å². The second kappa shape index (κ2) is 9.05. The summed E-state index contributed by atoms with van der Waals surface area (Å²) in [4.78, 5) is 24.2. The smallest absolute Gasteiger partial charge is 0.338 e. The molecule has 3 rings (SSSR count). The van der Waals surface area contributed by atoms with Crippen LogP contribution in [0.5, 0.6) is 28.7 Å². The highest BCUT2D eigenvalue weighted by atomic mass is 16.7. The highest BCUT2D eigenvalue weighted by Gasteiger charge is 2.18. The minimum Gasteiger partial charge on any atom is -0.496 e. The molecule has 0 spiro atoms. The Hall–Kier alpha value is -3.62. The van der Waals surface area contributed by atoms with Gasteiger partial charge in [-0.15, -0.1) is 0 Å². The lowest BCUT2D eigenvalue weighted by Crippen LogP contribution is -2.28. The van der Waals surface area contributed by atoms with Gasteiger partial charge in [0.05, 0.1) is 26.9 Å². The van der Waals surface area contributed by atoms with Gasteiger partial charge < -0.3 is 33.7 Å². The average molecular weight is 403 g/mol. The largest absolute Gasteiger partial charge is 0.496 e. The Morgan fingerprint density at radius 3 is 2.34 bits per heavy atom. The van der Waals surface area contributed by atoms with Crippen LogP contribution in [0.1, 0.15) is 15.9 Å². The number of amides is 1. The Morgan fingerprint density at radius 1 is 0.931 bits per heavy atom. The van der Waals surface area contributed by atoms with Crippen molar-refractivity contribution in [3.8, 4) is 28.7 Å². The van der Waals surface area contributed by atoms with Crippen LogP contribution < -0.4 is 29.0 Å². The van der Waals surface area contributed by atoms with Gasteiger partial charge in [0.25, 0.3) is 5.91 Å². The highest BCUT2D eigenvalue weighted by Crippen LogP contribution is 2.34. The van der Waals surface area contributed by atoms with Gasteiger partial charge in [0.2, 0.25) is 6.79 Å². The SMILES string of the molecule is COc1cc(OC)c(OC)cc1CNC(=O)COC(=O)c1ccc2c(c1)OCO2. The van der Waals surface area contributed by atoms with E-state index in [1.807, 2.05) is 0 Å². The molecule has 0 aromatic heterocycles. The summed E-state index contributed by atoms with van der Waals surface area (Å²) in [6.07, 6.45) is 0. The van der Waals surface area contributed by atoms with Gasteiger partial charge in [0.15, 0.2) is 29.6 Å². The van der Waals surface area contributed by atoms with Crippen LogP contribution in [0.15, 0.2) is 30.3 Å². The predicted octanol–water partition coefficient (Wildman–Crippen LogP) is 1.91. The molecule has 154 valence electrons. The molecular formula is C20H21NO8. The van der Waals surface area contributed by atoms with Gasteiger partial charge in [-0.1, -0.05) is 0 Å². The molecule has 29 heavy (non-hydrogen) atoms. The summed E-state index contributed by atoms with van der Waals surface area (Å²) in [6, 6.07) is 8.04. The third-order valence-electron chi connectivity index (χ3n) is 4.21. The molecule has 9 nitrogen and oxygen atoms in total. The zero-order valence-electron chi connectivity index (χ0n) is 16.3.